The molecule has 0 aromatic heterocycles. The van der Waals surface area contributed by atoms with Crippen molar-refractivity contribution in [1.29, 1.82) is 0 Å². The van der Waals surface area contributed by atoms with E-state index in [1.807, 2.05) is 12.1 Å². The van der Waals surface area contributed by atoms with Crippen LogP contribution in [0.1, 0.15) is 43.7 Å². The first-order valence-electron chi connectivity index (χ1n) is 7.42. The standard InChI is InChI=1S/C16H22FNO/c17-14-6-4-13(5-7-14)16(12-2-1-3-12)18-15-8-10-19-11-9-15/h4-7,12,15-16,18H,1-3,8-11H2/t16-/m0/s1. The molecule has 0 spiro atoms. The van der Waals surface area contributed by atoms with Gasteiger partial charge in [0, 0.05) is 25.3 Å². The van der Waals surface area contributed by atoms with Crippen LogP contribution in [0.5, 0.6) is 0 Å². The van der Waals surface area contributed by atoms with Crippen molar-refractivity contribution < 1.29 is 9.13 Å². The van der Waals surface area contributed by atoms with Crippen LogP contribution in [0.15, 0.2) is 24.3 Å². The van der Waals surface area contributed by atoms with Gasteiger partial charge in [0.25, 0.3) is 0 Å². The van der Waals surface area contributed by atoms with Crippen LogP contribution in [0.2, 0.25) is 0 Å². The number of rotatable bonds is 4. The molecular formula is C16H22FNO. The Balaban J connectivity index is 1.71. The summed E-state index contributed by atoms with van der Waals surface area (Å²) in [7, 11) is 0. The zero-order valence-corrected chi connectivity index (χ0v) is 11.3. The summed E-state index contributed by atoms with van der Waals surface area (Å²) in [4.78, 5) is 0. The van der Waals surface area contributed by atoms with E-state index in [1.165, 1.54) is 24.8 Å². The predicted octanol–water partition coefficient (Wildman–Crippen LogP) is 3.44. The average molecular weight is 263 g/mol. The Kier molecular flexibility index (Phi) is 4.14. The van der Waals surface area contributed by atoms with Gasteiger partial charge in [0.05, 0.1) is 0 Å². The van der Waals surface area contributed by atoms with Crippen molar-refractivity contribution in [2.24, 2.45) is 5.92 Å². The summed E-state index contributed by atoms with van der Waals surface area (Å²) >= 11 is 0. The second-order valence-electron chi connectivity index (χ2n) is 5.77. The molecule has 3 heteroatoms. The van der Waals surface area contributed by atoms with Gasteiger partial charge < -0.3 is 10.1 Å². The van der Waals surface area contributed by atoms with Crippen molar-refractivity contribution in [3.63, 3.8) is 0 Å². The van der Waals surface area contributed by atoms with Crippen LogP contribution in [0.4, 0.5) is 4.39 Å². The van der Waals surface area contributed by atoms with Crippen LogP contribution >= 0.6 is 0 Å². The molecule has 1 aromatic rings. The minimum atomic E-state index is -0.151. The predicted molar refractivity (Wildman–Crippen MR) is 73.5 cm³/mol. The van der Waals surface area contributed by atoms with E-state index in [4.69, 9.17) is 4.74 Å². The fourth-order valence-corrected chi connectivity index (χ4v) is 3.07. The minimum Gasteiger partial charge on any atom is -0.381 e. The van der Waals surface area contributed by atoms with Crippen molar-refractivity contribution in [1.82, 2.24) is 5.32 Å². The molecule has 2 fully saturated rings. The summed E-state index contributed by atoms with van der Waals surface area (Å²) in [6.07, 6.45) is 6.09. The van der Waals surface area contributed by atoms with Crippen molar-refractivity contribution in [2.75, 3.05) is 13.2 Å². The molecule has 1 saturated heterocycles. The number of benzene rings is 1. The molecule has 1 aliphatic carbocycles. The zero-order chi connectivity index (χ0) is 13.1. The molecular weight excluding hydrogens is 241 g/mol. The number of hydrogen-bond donors (Lipinski definition) is 1. The lowest BCUT2D eigenvalue weighted by molar-refractivity contribution is 0.0686. The quantitative estimate of drug-likeness (QED) is 0.898. The van der Waals surface area contributed by atoms with Gasteiger partial charge in [0.15, 0.2) is 0 Å². The Bertz CT molecular complexity index is 396. The summed E-state index contributed by atoms with van der Waals surface area (Å²) in [6, 6.07) is 7.95. The third kappa shape index (κ3) is 3.15. The molecule has 1 N–H and O–H groups in total. The second kappa shape index (κ2) is 6.02. The third-order valence-corrected chi connectivity index (χ3v) is 4.49. The highest BCUT2D eigenvalue weighted by Gasteiger charge is 2.30. The van der Waals surface area contributed by atoms with Gasteiger partial charge in [-0.3, -0.25) is 0 Å². The van der Waals surface area contributed by atoms with E-state index in [9.17, 15) is 4.39 Å². The molecule has 104 valence electrons. The molecule has 0 bridgehead atoms. The first-order valence-corrected chi connectivity index (χ1v) is 7.42. The van der Waals surface area contributed by atoms with Gasteiger partial charge >= 0.3 is 0 Å². The summed E-state index contributed by atoms with van der Waals surface area (Å²) < 4.78 is 18.5. The highest BCUT2D eigenvalue weighted by Crippen LogP contribution is 2.38. The van der Waals surface area contributed by atoms with E-state index >= 15 is 0 Å². The average Bonchev–Trinajstić information content (AvgIpc) is 2.38. The van der Waals surface area contributed by atoms with Gasteiger partial charge in [0.1, 0.15) is 5.82 Å². The lowest BCUT2D eigenvalue weighted by Gasteiger charge is -2.38. The Labute approximate surface area is 114 Å². The van der Waals surface area contributed by atoms with Crippen LogP contribution in [0.25, 0.3) is 0 Å². The molecule has 3 rings (SSSR count). The first kappa shape index (κ1) is 13.1. The lowest BCUT2D eigenvalue weighted by Crippen LogP contribution is -2.41. The summed E-state index contributed by atoms with van der Waals surface area (Å²) in [6.45, 7) is 1.72. The van der Waals surface area contributed by atoms with E-state index < -0.39 is 0 Å². The normalized spacial score (nSPS) is 23.0. The number of ether oxygens (including phenoxy) is 1. The summed E-state index contributed by atoms with van der Waals surface area (Å²) in [5, 5.41) is 3.79. The van der Waals surface area contributed by atoms with Crippen LogP contribution in [0, 0.1) is 11.7 Å². The van der Waals surface area contributed by atoms with Crippen LogP contribution in [0.3, 0.4) is 0 Å². The van der Waals surface area contributed by atoms with Crippen LogP contribution in [-0.4, -0.2) is 19.3 Å². The molecule has 1 saturated carbocycles. The van der Waals surface area contributed by atoms with Crippen molar-refractivity contribution >= 4 is 0 Å². The molecule has 2 nitrogen and oxygen atoms in total. The first-order chi connectivity index (χ1) is 9.33. The molecule has 2 aliphatic rings. The molecule has 1 atom stereocenters. The number of halogens is 1. The summed E-state index contributed by atoms with van der Waals surface area (Å²) in [5.41, 5.74) is 1.23. The number of nitrogens with one attached hydrogen (secondary N) is 1. The van der Waals surface area contributed by atoms with E-state index in [0.29, 0.717) is 18.0 Å². The Hall–Kier alpha value is -0.930. The maximum absolute atomic E-state index is 13.1. The minimum absolute atomic E-state index is 0.151. The van der Waals surface area contributed by atoms with Gasteiger partial charge in [0.2, 0.25) is 0 Å². The molecule has 1 heterocycles. The van der Waals surface area contributed by atoms with Crippen molar-refractivity contribution in [2.45, 2.75) is 44.2 Å². The smallest absolute Gasteiger partial charge is 0.123 e. The Morgan fingerprint density at radius 1 is 1.05 bits per heavy atom. The van der Waals surface area contributed by atoms with Crippen LogP contribution < -0.4 is 5.32 Å². The van der Waals surface area contributed by atoms with Gasteiger partial charge in [-0.1, -0.05) is 18.6 Å². The van der Waals surface area contributed by atoms with Gasteiger partial charge in [-0.05, 0) is 49.3 Å². The van der Waals surface area contributed by atoms with Crippen molar-refractivity contribution in [3.8, 4) is 0 Å². The van der Waals surface area contributed by atoms with Crippen molar-refractivity contribution in [3.05, 3.63) is 35.6 Å². The Morgan fingerprint density at radius 2 is 1.74 bits per heavy atom. The summed E-state index contributed by atoms with van der Waals surface area (Å²) in [5.74, 6) is 0.565. The molecule has 0 amide bonds. The zero-order valence-electron chi connectivity index (χ0n) is 11.3. The SMILES string of the molecule is Fc1ccc([C@@H](NC2CCOCC2)C2CCC2)cc1. The largest absolute Gasteiger partial charge is 0.381 e. The molecule has 19 heavy (non-hydrogen) atoms. The second-order valence-corrected chi connectivity index (χ2v) is 5.77. The highest BCUT2D eigenvalue weighted by atomic mass is 19.1. The lowest BCUT2D eigenvalue weighted by atomic mass is 9.76. The number of hydrogen-bond acceptors (Lipinski definition) is 2. The van der Waals surface area contributed by atoms with Gasteiger partial charge in [-0.2, -0.15) is 0 Å². The molecule has 0 unspecified atom stereocenters. The monoisotopic (exact) mass is 263 g/mol. The molecule has 0 radical (unpaired) electrons. The van der Waals surface area contributed by atoms with E-state index in [-0.39, 0.29) is 5.82 Å². The topological polar surface area (TPSA) is 21.3 Å². The van der Waals surface area contributed by atoms with E-state index in [2.05, 4.69) is 5.32 Å². The fraction of sp³-hybridized carbons (Fsp3) is 0.625. The Morgan fingerprint density at radius 3 is 2.32 bits per heavy atom. The highest BCUT2D eigenvalue weighted by molar-refractivity contribution is 5.21. The maximum atomic E-state index is 13.1. The fourth-order valence-electron chi connectivity index (χ4n) is 3.07. The third-order valence-electron chi connectivity index (χ3n) is 4.49. The molecule has 1 aliphatic heterocycles. The van der Waals surface area contributed by atoms with Gasteiger partial charge in [-0.15, -0.1) is 0 Å². The van der Waals surface area contributed by atoms with Crippen LogP contribution in [-0.2, 0) is 4.74 Å². The van der Waals surface area contributed by atoms with Gasteiger partial charge in [-0.25, -0.2) is 4.39 Å². The molecule has 1 aromatic carbocycles. The maximum Gasteiger partial charge on any atom is 0.123 e. The van der Waals surface area contributed by atoms with E-state index in [1.54, 1.807) is 12.1 Å². The van der Waals surface area contributed by atoms with E-state index in [0.717, 1.165) is 26.1 Å².